The lowest BCUT2D eigenvalue weighted by Gasteiger charge is -2.17. The fourth-order valence-corrected chi connectivity index (χ4v) is 3.07. The molecule has 0 atom stereocenters. The number of aliphatic imine (C=N–C) groups is 1. The van der Waals surface area contributed by atoms with Crippen LogP contribution in [-0.4, -0.2) is 34.1 Å². The third-order valence-corrected chi connectivity index (χ3v) is 5.11. The van der Waals surface area contributed by atoms with Gasteiger partial charge in [0.15, 0.2) is 11.5 Å². The minimum absolute atomic E-state index is 0.0966. The van der Waals surface area contributed by atoms with Gasteiger partial charge in [-0.1, -0.05) is 23.6 Å². The molecule has 0 saturated heterocycles. The van der Waals surface area contributed by atoms with Crippen LogP contribution in [0, 0.1) is 12.3 Å². The molecular formula is C21H17ClF5N5O. The van der Waals surface area contributed by atoms with E-state index >= 15 is 0 Å². The van der Waals surface area contributed by atoms with Gasteiger partial charge in [-0.15, -0.1) is 6.42 Å². The van der Waals surface area contributed by atoms with Crippen molar-refractivity contribution in [2.75, 3.05) is 0 Å². The zero-order valence-electron chi connectivity index (χ0n) is 17.1. The Morgan fingerprint density at radius 2 is 2.03 bits per heavy atom. The fraction of sp³-hybridized carbons (Fsp3) is 0.286. The van der Waals surface area contributed by atoms with Crippen molar-refractivity contribution in [1.29, 1.82) is 0 Å². The fourth-order valence-electron chi connectivity index (χ4n) is 2.86. The summed E-state index contributed by atoms with van der Waals surface area (Å²) in [5, 5.41) is 6.25. The first-order chi connectivity index (χ1) is 15.4. The molecule has 1 saturated carbocycles. The highest BCUT2D eigenvalue weighted by Gasteiger charge is 2.61. The van der Waals surface area contributed by atoms with E-state index in [0.717, 1.165) is 32.3 Å². The molecule has 2 aromatic rings. The number of alkyl halides is 5. The van der Waals surface area contributed by atoms with Crippen LogP contribution < -0.4 is 11.1 Å². The zero-order chi connectivity index (χ0) is 24.6. The van der Waals surface area contributed by atoms with E-state index in [1.54, 1.807) is 5.92 Å². The van der Waals surface area contributed by atoms with E-state index < -0.39 is 29.2 Å². The average Bonchev–Trinajstić information content (AvgIpc) is 3.49. The van der Waals surface area contributed by atoms with E-state index in [9.17, 15) is 26.7 Å². The monoisotopic (exact) mass is 485 g/mol. The topological polar surface area (TPSA) is 85.3 Å². The summed E-state index contributed by atoms with van der Waals surface area (Å²) in [7, 11) is 1.12. The Balaban J connectivity index is 1.96. The van der Waals surface area contributed by atoms with E-state index in [1.807, 2.05) is 0 Å². The number of terminal acetylenes is 1. The molecule has 174 valence electrons. The number of allylic oxidation sites excluding steroid dienone is 1. The van der Waals surface area contributed by atoms with Crippen LogP contribution in [0.1, 0.15) is 40.0 Å². The summed E-state index contributed by atoms with van der Waals surface area (Å²) in [5.74, 6) is -4.25. The molecule has 12 heteroatoms. The van der Waals surface area contributed by atoms with Crippen molar-refractivity contribution in [3.63, 3.8) is 0 Å². The van der Waals surface area contributed by atoms with Gasteiger partial charge in [0.05, 0.1) is 16.1 Å². The number of hydrogen-bond acceptors (Lipinski definition) is 4. The summed E-state index contributed by atoms with van der Waals surface area (Å²) in [6.45, 7) is 0. The minimum atomic E-state index is -5.89. The predicted molar refractivity (Wildman–Crippen MR) is 113 cm³/mol. The van der Waals surface area contributed by atoms with Crippen LogP contribution in [0.5, 0.6) is 0 Å². The summed E-state index contributed by atoms with van der Waals surface area (Å²) in [6.07, 6.45) is 3.28. The minimum Gasteiger partial charge on any atom is -0.404 e. The van der Waals surface area contributed by atoms with Crippen molar-refractivity contribution in [2.24, 2.45) is 17.8 Å². The number of amides is 1. The highest BCUT2D eigenvalue weighted by Crippen LogP contribution is 2.45. The van der Waals surface area contributed by atoms with E-state index in [1.165, 1.54) is 18.2 Å². The van der Waals surface area contributed by atoms with Crippen molar-refractivity contribution < 1.29 is 26.7 Å². The van der Waals surface area contributed by atoms with E-state index in [2.05, 4.69) is 15.4 Å². The van der Waals surface area contributed by atoms with Crippen molar-refractivity contribution in [3.05, 3.63) is 51.8 Å². The highest BCUT2D eigenvalue weighted by molar-refractivity contribution is 6.34. The van der Waals surface area contributed by atoms with Crippen LogP contribution in [0.25, 0.3) is 5.57 Å². The lowest BCUT2D eigenvalue weighted by molar-refractivity contribution is -0.291. The Morgan fingerprint density at radius 1 is 1.36 bits per heavy atom. The number of halogens is 6. The maximum atomic E-state index is 13.9. The smallest absolute Gasteiger partial charge is 0.404 e. The second-order valence-electron chi connectivity index (χ2n) is 7.21. The quantitative estimate of drug-likeness (QED) is 0.363. The number of nitrogens with one attached hydrogen (secondary N) is 1. The molecule has 1 fully saturated rings. The van der Waals surface area contributed by atoms with Gasteiger partial charge in [0.2, 0.25) is 0 Å². The molecule has 6 nitrogen and oxygen atoms in total. The molecule has 3 rings (SSSR count). The van der Waals surface area contributed by atoms with Crippen LogP contribution in [0.15, 0.2) is 29.4 Å². The molecule has 0 spiro atoms. The van der Waals surface area contributed by atoms with Crippen LogP contribution >= 0.6 is 11.6 Å². The Labute approximate surface area is 190 Å². The Kier molecular flexibility index (Phi) is 6.51. The molecule has 1 aliphatic rings. The number of carbonyl (C=O) groups is 1. The summed E-state index contributed by atoms with van der Waals surface area (Å²) in [6, 6.07) is 4.56. The summed E-state index contributed by atoms with van der Waals surface area (Å²) < 4.78 is 66.9. The Bertz CT molecular complexity index is 1190. The number of hydrogen-bond donors (Lipinski definition) is 2. The number of aromatic nitrogens is 2. The summed E-state index contributed by atoms with van der Waals surface area (Å²) in [5.41, 5.74) is 4.01. The number of carbonyl (C=O) groups excluding carboxylic acids is 1. The largest absolute Gasteiger partial charge is 0.459 e. The third-order valence-electron chi connectivity index (χ3n) is 4.78. The van der Waals surface area contributed by atoms with Crippen molar-refractivity contribution in [1.82, 2.24) is 15.1 Å². The molecule has 1 aromatic carbocycles. The maximum absolute atomic E-state index is 13.9. The first kappa shape index (κ1) is 24.3. The molecule has 0 aliphatic heterocycles. The zero-order valence-corrected chi connectivity index (χ0v) is 17.8. The predicted octanol–water partition coefficient (Wildman–Crippen LogP) is 4.30. The second-order valence-corrected chi connectivity index (χ2v) is 7.62. The van der Waals surface area contributed by atoms with Crippen LogP contribution in [-0.2, 0) is 13.0 Å². The lowest BCUT2D eigenvalue weighted by Crippen LogP contribution is -2.34. The number of nitrogens with zero attached hydrogens (tertiary/aromatic N) is 3. The first-order valence-corrected chi connectivity index (χ1v) is 9.83. The molecule has 1 amide bonds. The van der Waals surface area contributed by atoms with Gasteiger partial charge in [-0.3, -0.25) is 4.79 Å². The number of benzene rings is 1. The SMILES string of the molecule is C#Cc1c(C(F)(F)C(F)(F)F)nn(C)c1N=CC(=CN)c1ccc(Cl)c(C(=O)NC2CC2)c1. The second kappa shape index (κ2) is 8.86. The Hall–Kier alpha value is -3.39. The molecule has 0 unspecified atom stereocenters. The highest BCUT2D eigenvalue weighted by atomic mass is 35.5. The average molecular weight is 486 g/mol. The standard InChI is InChI=1S/C21H17ClF5N5O/c1-3-14-17(20(23,24)21(25,26)27)31-32(2)18(14)29-10-12(9-28)11-4-7-16(22)15(8-11)19(33)30-13-5-6-13/h1,4,7-10,13H,5-6,28H2,2H3,(H,30,33). The third kappa shape index (κ3) is 4.85. The van der Waals surface area contributed by atoms with Crippen molar-refractivity contribution in [2.45, 2.75) is 31.0 Å². The van der Waals surface area contributed by atoms with Gasteiger partial charge in [-0.25, -0.2) is 9.67 Å². The van der Waals surface area contributed by atoms with Crippen LogP contribution in [0.2, 0.25) is 5.02 Å². The summed E-state index contributed by atoms with van der Waals surface area (Å²) in [4.78, 5) is 16.3. The van der Waals surface area contributed by atoms with E-state index in [0.29, 0.717) is 10.2 Å². The van der Waals surface area contributed by atoms with Gasteiger partial charge in [-0.05, 0) is 30.5 Å². The van der Waals surface area contributed by atoms with Crippen LogP contribution in [0.3, 0.4) is 0 Å². The molecular weight excluding hydrogens is 469 g/mol. The van der Waals surface area contributed by atoms with Gasteiger partial charge in [0.1, 0.15) is 0 Å². The number of rotatable bonds is 6. The number of nitrogens with two attached hydrogens (primary N) is 1. The molecule has 0 radical (unpaired) electrons. The van der Waals surface area contributed by atoms with Gasteiger partial charge in [-0.2, -0.15) is 27.1 Å². The van der Waals surface area contributed by atoms with Gasteiger partial charge in [0.25, 0.3) is 5.91 Å². The van der Waals surface area contributed by atoms with Gasteiger partial charge in [0, 0.05) is 31.1 Å². The normalized spacial score (nSPS) is 15.0. The molecule has 1 aromatic heterocycles. The lowest BCUT2D eigenvalue weighted by atomic mass is 10.0. The summed E-state index contributed by atoms with van der Waals surface area (Å²) >= 11 is 6.12. The molecule has 1 heterocycles. The molecule has 0 bridgehead atoms. The molecule has 3 N–H and O–H groups in total. The number of aryl methyl sites for hydroxylation is 1. The van der Waals surface area contributed by atoms with Crippen molar-refractivity contribution in [3.8, 4) is 12.3 Å². The maximum Gasteiger partial charge on any atom is 0.459 e. The molecule has 1 aliphatic carbocycles. The van der Waals surface area contributed by atoms with E-state index in [-0.39, 0.29) is 28.1 Å². The first-order valence-electron chi connectivity index (χ1n) is 9.46. The Morgan fingerprint density at radius 3 is 2.58 bits per heavy atom. The van der Waals surface area contributed by atoms with Gasteiger partial charge >= 0.3 is 12.1 Å². The van der Waals surface area contributed by atoms with Crippen molar-refractivity contribution >= 4 is 35.1 Å². The van der Waals surface area contributed by atoms with Crippen LogP contribution in [0.4, 0.5) is 27.8 Å². The van der Waals surface area contributed by atoms with Gasteiger partial charge < -0.3 is 11.1 Å². The molecule has 33 heavy (non-hydrogen) atoms. The van der Waals surface area contributed by atoms with E-state index in [4.69, 9.17) is 23.8 Å².